The molecule has 2 N–H and O–H groups in total. The van der Waals surface area contributed by atoms with Gasteiger partial charge < -0.3 is 15.1 Å². The fourth-order valence-corrected chi connectivity index (χ4v) is 3.62. The van der Waals surface area contributed by atoms with Crippen LogP contribution in [0.3, 0.4) is 0 Å². The number of aryl methyl sites for hydroxylation is 2. The summed E-state index contributed by atoms with van der Waals surface area (Å²) in [5, 5.41) is 20.9. The number of benzene rings is 2. The van der Waals surface area contributed by atoms with Crippen LogP contribution >= 0.6 is 0 Å². The minimum Gasteiger partial charge on any atom is -0.393 e. The Bertz CT molecular complexity index is 770. The van der Waals surface area contributed by atoms with E-state index in [1.165, 1.54) is 0 Å². The summed E-state index contributed by atoms with van der Waals surface area (Å²) in [7, 11) is 0. The lowest BCUT2D eigenvalue weighted by atomic mass is 9.88. The smallest absolute Gasteiger partial charge is 0.264 e. The Kier molecular flexibility index (Phi) is 4.20. The molecule has 0 saturated carbocycles. The van der Waals surface area contributed by atoms with Crippen molar-refractivity contribution in [3.05, 3.63) is 64.7 Å². The molecule has 0 fully saturated rings. The Labute approximate surface area is 142 Å². The second kappa shape index (κ2) is 6.04. The molecule has 0 aromatic heterocycles. The summed E-state index contributed by atoms with van der Waals surface area (Å²) in [6.07, 6.45) is -0.781. The first kappa shape index (κ1) is 16.7. The van der Waals surface area contributed by atoms with E-state index in [1.54, 1.807) is 11.8 Å². The Morgan fingerprint density at radius 3 is 2.46 bits per heavy atom. The number of rotatable bonds is 4. The van der Waals surface area contributed by atoms with Crippen LogP contribution in [0, 0.1) is 13.8 Å². The van der Waals surface area contributed by atoms with Crippen LogP contribution in [0.1, 0.15) is 35.6 Å². The number of aliphatic hydroxyl groups excluding tert-OH is 1. The molecule has 0 aliphatic carbocycles. The van der Waals surface area contributed by atoms with Crippen molar-refractivity contribution in [3.63, 3.8) is 0 Å². The average molecular weight is 325 g/mol. The zero-order valence-electron chi connectivity index (χ0n) is 14.3. The molecule has 24 heavy (non-hydrogen) atoms. The highest BCUT2D eigenvalue weighted by Crippen LogP contribution is 2.45. The van der Waals surface area contributed by atoms with Crippen molar-refractivity contribution >= 4 is 11.6 Å². The second-order valence-electron chi connectivity index (χ2n) is 6.77. The Morgan fingerprint density at radius 1 is 1.17 bits per heavy atom. The van der Waals surface area contributed by atoms with Gasteiger partial charge >= 0.3 is 0 Å². The molecule has 126 valence electrons. The van der Waals surface area contributed by atoms with Gasteiger partial charge in [-0.15, -0.1) is 0 Å². The lowest BCUT2D eigenvalue weighted by Gasteiger charge is -2.24. The van der Waals surface area contributed by atoms with Crippen LogP contribution in [-0.2, 0) is 16.9 Å². The van der Waals surface area contributed by atoms with Gasteiger partial charge in [-0.2, -0.15) is 0 Å². The van der Waals surface area contributed by atoms with Crippen molar-refractivity contribution in [2.45, 2.75) is 45.4 Å². The van der Waals surface area contributed by atoms with Gasteiger partial charge in [0.15, 0.2) is 5.60 Å². The quantitative estimate of drug-likeness (QED) is 0.909. The van der Waals surface area contributed by atoms with E-state index in [-0.39, 0.29) is 12.3 Å². The molecule has 1 heterocycles. The van der Waals surface area contributed by atoms with Crippen molar-refractivity contribution < 1.29 is 15.0 Å². The van der Waals surface area contributed by atoms with Crippen LogP contribution in [0.2, 0.25) is 0 Å². The zero-order valence-corrected chi connectivity index (χ0v) is 14.3. The van der Waals surface area contributed by atoms with Gasteiger partial charge in [0.25, 0.3) is 5.91 Å². The highest BCUT2D eigenvalue weighted by molar-refractivity contribution is 6.07. The van der Waals surface area contributed by atoms with Crippen LogP contribution in [0.25, 0.3) is 0 Å². The minimum atomic E-state index is -1.67. The highest BCUT2D eigenvalue weighted by Gasteiger charge is 2.50. The molecule has 0 bridgehead atoms. The maximum Gasteiger partial charge on any atom is 0.264 e. The Balaban J connectivity index is 2.11. The number of hydrogen-bond acceptors (Lipinski definition) is 3. The van der Waals surface area contributed by atoms with Crippen molar-refractivity contribution in [2.24, 2.45) is 0 Å². The number of nitrogens with zero attached hydrogens (tertiary/aromatic N) is 1. The van der Waals surface area contributed by atoms with E-state index < -0.39 is 11.7 Å². The number of amides is 1. The van der Waals surface area contributed by atoms with Crippen molar-refractivity contribution in [1.82, 2.24) is 0 Å². The van der Waals surface area contributed by atoms with Gasteiger partial charge in [-0.1, -0.05) is 48.0 Å². The molecule has 1 aliphatic heterocycles. The molecule has 1 aliphatic rings. The third-order valence-corrected chi connectivity index (χ3v) is 4.53. The summed E-state index contributed by atoms with van der Waals surface area (Å²) in [5.74, 6) is -0.365. The molecule has 0 unspecified atom stereocenters. The van der Waals surface area contributed by atoms with Gasteiger partial charge in [0.1, 0.15) is 0 Å². The number of aliphatic hydroxyl groups is 2. The van der Waals surface area contributed by atoms with Crippen LogP contribution in [0.5, 0.6) is 0 Å². The Morgan fingerprint density at radius 2 is 1.83 bits per heavy atom. The third-order valence-electron chi connectivity index (χ3n) is 4.53. The summed E-state index contributed by atoms with van der Waals surface area (Å²) < 4.78 is 0. The van der Waals surface area contributed by atoms with Crippen LogP contribution < -0.4 is 4.90 Å². The first-order chi connectivity index (χ1) is 11.3. The summed E-state index contributed by atoms with van der Waals surface area (Å²) in [4.78, 5) is 14.7. The van der Waals surface area contributed by atoms with Crippen molar-refractivity contribution in [3.8, 4) is 0 Å². The van der Waals surface area contributed by atoms with Gasteiger partial charge in [0.2, 0.25) is 0 Å². The van der Waals surface area contributed by atoms with Gasteiger partial charge in [-0.25, -0.2) is 0 Å². The van der Waals surface area contributed by atoms with Crippen LogP contribution in [0.15, 0.2) is 42.5 Å². The average Bonchev–Trinajstić information content (AvgIpc) is 2.70. The maximum absolute atomic E-state index is 13.1. The van der Waals surface area contributed by atoms with Crippen molar-refractivity contribution in [2.75, 3.05) is 4.90 Å². The standard InChI is InChI=1S/C20H23NO3/c1-13-9-14(2)18-17(10-13)20(24,11-15(3)22)19(23)21(18)12-16-7-5-4-6-8-16/h4-10,15,22,24H,11-12H2,1-3H3/t15-,20-/m1/s1. The fourth-order valence-electron chi connectivity index (χ4n) is 3.62. The highest BCUT2D eigenvalue weighted by atomic mass is 16.3. The molecule has 3 rings (SSSR count). The number of hydrogen-bond donors (Lipinski definition) is 2. The minimum absolute atomic E-state index is 0.00693. The summed E-state index contributed by atoms with van der Waals surface area (Å²) >= 11 is 0. The van der Waals surface area contributed by atoms with Gasteiger partial charge in [0, 0.05) is 12.0 Å². The van der Waals surface area contributed by atoms with Gasteiger partial charge in [-0.3, -0.25) is 4.79 Å². The van der Waals surface area contributed by atoms with E-state index in [2.05, 4.69) is 0 Å². The number of carbonyl (C=O) groups is 1. The molecule has 0 radical (unpaired) electrons. The van der Waals surface area contributed by atoms with Gasteiger partial charge in [-0.05, 0) is 31.9 Å². The molecule has 2 aromatic carbocycles. The second-order valence-corrected chi connectivity index (χ2v) is 6.77. The SMILES string of the molecule is Cc1cc(C)c2c(c1)[C@](O)(C[C@@H](C)O)C(=O)N2Cc1ccccc1. The first-order valence-electron chi connectivity index (χ1n) is 8.21. The normalized spacial score (nSPS) is 21.0. The summed E-state index contributed by atoms with van der Waals surface area (Å²) in [6, 6.07) is 13.6. The third kappa shape index (κ3) is 2.72. The van der Waals surface area contributed by atoms with E-state index in [0.717, 1.165) is 22.4 Å². The molecule has 4 heteroatoms. The van der Waals surface area contributed by atoms with E-state index in [4.69, 9.17) is 0 Å². The molecule has 0 spiro atoms. The lowest BCUT2D eigenvalue weighted by Crippen LogP contribution is -2.42. The predicted octanol–water partition coefficient (Wildman–Crippen LogP) is 2.81. The molecule has 2 aromatic rings. The largest absolute Gasteiger partial charge is 0.393 e. The van der Waals surface area contributed by atoms with Crippen LogP contribution in [-0.4, -0.2) is 22.2 Å². The molecule has 4 nitrogen and oxygen atoms in total. The summed E-state index contributed by atoms with van der Waals surface area (Å²) in [5.41, 5.74) is 2.63. The van der Waals surface area contributed by atoms with E-state index in [1.807, 2.05) is 56.3 Å². The van der Waals surface area contributed by atoms with Crippen LogP contribution in [0.4, 0.5) is 5.69 Å². The van der Waals surface area contributed by atoms with E-state index in [9.17, 15) is 15.0 Å². The topological polar surface area (TPSA) is 60.8 Å². The lowest BCUT2D eigenvalue weighted by molar-refractivity contribution is -0.139. The number of carbonyl (C=O) groups excluding carboxylic acids is 1. The van der Waals surface area contributed by atoms with Gasteiger partial charge in [0.05, 0.1) is 18.3 Å². The molecule has 2 atom stereocenters. The molecule has 1 amide bonds. The van der Waals surface area contributed by atoms with Crippen molar-refractivity contribution in [1.29, 1.82) is 0 Å². The molecule has 0 saturated heterocycles. The maximum atomic E-state index is 13.1. The monoisotopic (exact) mass is 325 g/mol. The predicted molar refractivity (Wildman–Crippen MR) is 93.7 cm³/mol. The molecular weight excluding hydrogens is 302 g/mol. The first-order valence-corrected chi connectivity index (χ1v) is 8.21. The number of fused-ring (bicyclic) bond motifs is 1. The Hall–Kier alpha value is -2.17. The fraction of sp³-hybridized carbons (Fsp3) is 0.350. The number of anilines is 1. The molecular formula is C20H23NO3. The van der Waals surface area contributed by atoms with E-state index >= 15 is 0 Å². The van der Waals surface area contributed by atoms with E-state index in [0.29, 0.717) is 12.1 Å². The summed E-state index contributed by atoms with van der Waals surface area (Å²) in [6.45, 7) is 5.89. The zero-order chi connectivity index (χ0) is 17.5.